The van der Waals surface area contributed by atoms with Crippen molar-refractivity contribution in [2.75, 3.05) is 33.4 Å². The maximum Gasteiger partial charge on any atom is 0.325 e. The van der Waals surface area contributed by atoms with Gasteiger partial charge in [0.1, 0.15) is 5.54 Å². The number of benzene rings is 1. The highest BCUT2D eigenvalue weighted by Gasteiger charge is 2.56. The van der Waals surface area contributed by atoms with Crippen molar-refractivity contribution in [3.05, 3.63) is 57.2 Å². The Morgan fingerprint density at radius 1 is 1.22 bits per heavy atom. The number of ether oxygens (including phenoxy) is 1. The summed E-state index contributed by atoms with van der Waals surface area (Å²) in [5.41, 5.74) is -0.276. The molecule has 170 valence electrons. The van der Waals surface area contributed by atoms with E-state index in [4.69, 9.17) is 16.3 Å². The van der Waals surface area contributed by atoms with Gasteiger partial charge in [0, 0.05) is 31.6 Å². The lowest BCUT2D eigenvalue weighted by atomic mass is 9.74. The first kappa shape index (κ1) is 22.8. The summed E-state index contributed by atoms with van der Waals surface area (Å²) >= 11 is 7.85. The molecule has 1 atom stereocenters. The number of piperidine rings is 1. The van der Waals surface area contributed by atoms with Gasteiger partial charge in [-0.1, -0.05) is 35.9 Å². The average molecular weight is 476 g/mol. The first-order chi connectivity index (χ1) is 15.5. The number of nitrogens with one attached hydrogen (secondary N) is 1. The topological polar surface area (TPSA) is 79.0 Å². The van der Waals surface area contributed by atoms with Crippen molar-refractivity contribution < 1.29 is 19.1 Å². The number of amides is 4. The first-order valence-corrected chi connectivity index (χ1v) is 11.9. The molecule has 2 fully saturated rings. The number of methoxy groups -OCH3 is 1. The molecule has 2 saturated heterocycles. The number of nitrogens with zero attached hydrogens (tertiary/aromatic N) is 2. The van der Waals surface area contributed by atoms with Crippen LogP contribution < -0.4 is 5.32 Å². The van der Waals surface area contributed by atoms with Gasteiger partial charge in [-0.3, -0.25) is 14.5 Å². The minimum Gasteiger partial charge on any atom is -0.383 e. The van der Waals surface area contributed by atoms with E-state index in [0.717, 1.165) is 5.56 Å². The predicted octanol–water partition coefficient (Wildman–Crippen LogP) is 3.43. The highest BCUT2D eigenvalue weighted by atomic mass is 35.5. The van der Waals surface area contributed by atoms with Gasteiger partial charge in [-0.05, 0) is 41.8 Å². The fraction of sp³-hybridized carbons (Fsp3) is 0.435. The summed E-state index contributed by atoms with van der Waals surface area (Å²) in [6.45, 7) is 1.54. The Morgan fingerprint density at radius 2 is 1.97 bits per heavy atom. The number of urea groups is 1. The van der Waals surface area contributed by atoms with Crippen molar-refractivity contribution in [3.8, 4) is 0 Å². The Bertz CT molecular complexity index is 991. The van der Waals surface area contributed by atoms with E-state index in [2.05, 4.69) is 5.32 Å². The van der Waals surface area contributed by atoms with Crippen LogP contribution in [0.25, 0.3) is 0 Å². The highest BCUT2D eigenvalue weighted by molar-refractivity contribution is 7.12. The van der Waals surface area contributed by atoms with Gasteiger partial charge in [0.05, 0.1) is 18.0 Å². The fourth-order valence-corrected chi connectivity index (χ4v) is 5.54. The lowest BCUT2D eigenvalue weighted by molar-refractivity contribution is -0.134. The molecule has 4 rings (SSSR count). The molecule has 9 heteroatoms. The van der Waals surface area contributed by atoms with E-state index in [1.54, 1.807) is 6.07 Å². The molecule has 32 heavy (non-hydrogen) atoms. The Labute approximate surface area is 196 Å². The molecule has 1 N–H and O–H groups in total. The maximum absolute atomic E-state index is 13.6. The van der Waals surface area contributed by atoms with Gasteiger partial charge >= 0.3 is 6.03 Å². The van der Waals surface area contributed by atoms with Gasteiger partial charge in [-0.25, -0.2) is 4.79 Å². The summed E-state index contributed by atoms with van der Waals surface area (Å²) in [5, 5.41) is 5.47. The fourth-order valence-electron chi connectivity index (χ4n) is 4.64. The number of carbonyl (C=O) groups is 3. The van der Waals surface area contributed by atoms with E-state index >= 15 is 0 Å². The molecular weight excluding hydrogens is 450 g/mol. The SMILES string of the molecule is COCCN1C(=O)N[C@@](Cc2ccccc2Cl)(C2CCN(C(=O)c3cccs3)CC2)C1=O. The van der Waals surface area contributed by atoms with Gasteiger partial charge in [0.2, 0.25) is 0 Å². The van der Waals surface area contributed by atoms with Gasteiger partial charge in [0.15, 0.2) is 0 Å². The van der Waals surface area contributed by atoms with Crippen molar-refractivity contribution >= 4 is 40.8 Å². The van der Waals surface area contributed by atoms with Crippen molar-refractivity contribution in [2.24, 2.45) is 5.92 Å². The second-order valence-electron chi connectivity index (χ2n) is 8.16. The number of carbonyl (C=O) groups excluding carboxylic acids is 3. The van der Waals surface area contributed by atoms with Gasteiger partial charge in [-0.15, -0.1) is 11.3 Å². The lowest BCUT2D eigenvalue weighted by Gasteiger charge is -2.41. The van der Waals surface area contributed by atoms with Crippen LogP contribution in [-0.4, -0.2) is 66.5 Å². The second kappa shape index (κ2) is 9.60. The predicted molar refractivity (Wildman–Crippen MR) is 123 cm³/mol. The van der Waals surface area contributed by atoms with Crippen LogP contribution in [0.15, 0.2) is 41.8 Å². The van der Waals surface area contributed by atoms with E-state index in [0.29, 0.717) is 42.3 Å². The van der Waals surface area contributed by atoms with Crippen LogP contribution in [-0.2, 0) is 16.0 Å². The number of halogens is 1. The normalized spacial score (nSPS) is 21.8. The van der Waals surface area contributed by atoms with E-state index in [9.17, 15) is 14.4 Å². The summed E-state index contributed by atoms with van der Waals surface area (Å²) in [6.07, 6.45) is 1.54. The van der Waals surface area contributed by atoms with E-state index in [1.807, 2.05) is 40.6 Å². The lowest BCUT2D eigenvalue weighted by Crippen LogP contribution is -2.58. The number of hydrogen-bond donors (Lipinski definition) is 1. The standard InChI is InChI=1S/C23H26ClN3O4S/c1-31-13-12-27-21(29)23(25-22(27)30,15-16-5-2-3-6-18(16)24)17-8-10-26(11-9-17)20(28)19-7-4-14-32-19/h2-7,14,17H,8-13,15H2,1H3,(H,25,30)/t23-/m0/s1. The Hall–Kier alpha value is -2.42. The molecule has 0 spiro atoms. The zero-order valence-corrected chi connectivity index (χ0v) is 19.5. The van der Waals surface area contributed by atoms with Gasteiger partial charge < -0.3 is 15.0 Å². The first-order valence-electron chi connectivity index (χ1n) is 10.7. The quantitative estimate of drug-likeness (QED) is 0.622. The molecule has 2 aliphatic heterocycles. The van der Waals surface area contributed by atoms with Crippen LogP contribution in [0.4, 0.5) is 4.79 Å². The molecule has 0 radical (unpaired) electrons. The molecule has 2 aliphatic rings. The largest absolute Gasteiger partial charge is 0.383 e. The molecule has 7 nitrogen and oxygen atoms in total. The van der Waals surface area contributed by atoms with Crippen molar-refractivity contribution in [1.29, 1.82) is 0 Å². The van der Waals surface area contributed by atoms with Crippen LogP contribution in [0.5, 0.6) is 0 Å². The minimum atomic E-state index is -1.09. The van der Waals surface area contributed by atoms with E-state index < -0.39 is 11.6 Å². The molecule has 0 unspecified atom stereocenters. The molecule has 3 heterocycles. The Kier molecular flexibility index (Phi) is 6.83. The maximum atomic E-state index is 13.6. The summed E-state index contributed by atoms with van der Waals surface area (Å²) in [5.74, 6) is -0.347. The number of rotatable bonds is 7. The summed E-state index contributed by atoms with van der Waals surface area (Å²) in [6, 6.07) is 10.7. The number of hydrogen-bond acceptors (Lipinski definition) is 5. The summed E-state index contributed by atoms with van der Waals surface area (Å²) in [7, 11) is 1.54. The zero-order chi connectivity index (χ0) is 22.7. The van der Waals surface area contributed by atoms with E-state index in [1.165, 1.54) is 23.3 Å². The van der Waals surface area contributed by atoms with Crippen molar-refractivity contribution in [3.63, 3.8) is 0 Å². The number of imide groups is 1. The molecule has 0 aliphatic carbocycles. The molecule has 0 saturated carbocycles. The van der Waals surface area contributed by atoms with Gasteiger partial charge in [-0.2, -0.15) is 0 Å². The third kappa shape index (κ3) is 4.27. The van der Waals surface area contributed by atoms with Crippen molar-refractivity contribution in [1.82, 2.24) is 15.1 Å². The van der Waals surface area contributed by atoms with Gasteiger partial charge in [0.25, 0.3) is 11.8 Å². The summed E-state index contributed by atoms with van der Waals surface area (Å²) in [4.78, 5) is 43.0. The average Bonchev–Trinajstić information content (AvgIpc) is 3.42. The number of likely N-dealkylation sites (tertiary alicyclic amines) is 1. The molecule has 1 aromatic carbocycles. The molecule has 0 bridgehead atoms. The number of thiophene rings is 1. The third-order valence-electron chi connectivity index (χ3n) is 6.36. The Morgan fingerprint density at radius 3 is 2.62 bits per heavy atom. The second-order valence-corrected chi connectivity index (χ2v) is 9.52. The molecule has 4 amide bonds. The third-order valence-corrected chi connectivity index (χ3v) is 7.59. The van der Waals surface area contributed by atoms with E-state index in [-0.39, 0.29) is 30.9 Å². The van der Waals surface area contributed by atoms with Crippen LogP contribution in [0.1, 0.15) is 28.1 Å². The molecular formula is C23H26ClN3O4S. The minimum absolute atomic E-state index is 0.0158. The van der Waals surface area contributed by atoms with Crippen LogP contribution in [0, 0.1) is 5.92 Å². The molecule has 1 aromatic heterocycles. The zero-order valence-electron chi connectivity index (χ0n) is 17.9. The smallest absolute Gasteiger partial charge is 0.325 e. The summed E-state index contributed by atoms with van der Waals surface area (Å²) < 4.78 is 5.09. The Balaban J connectivity index is 1.58. The highest BCUT2D eigenvalue weighted by Crippen LogP contribution is 2.38. The molecule has 2 aromatic rings. The monoisotopic (exact) mass is 475 g/mol. The van der Waals surface area contributed by atoms with Crippen LogP contribution >= 0.6 is 22.9 Å². The van der Waals surface area contributed by atoms with Crippen molar-refractivity contribution in [2.45, 2.75) is 24.8 Å². The van der Waals surface area contributed by atoms with Crippen LogP contribution in [0.3, 0.4) is 0 Å². The van der Waals surface area contributed by atoms with Crippen LogP contribution in [0.2, 0.25) is 5.02 Å².